The summed E-state index contributed by atoms with van der Waals surface area (Å²) in [6.45, 7) is 2.31. The van der Waals surface area contributed by atoms with E-state index in [0.29, 0.717) is 23.7 Å². The Bertz CT molecular complexity index is 856. The third-order valence-corrected chi connectivity index (χ3v) is 3.57. The maximum atomic E-state index is 11.4. The molecule has 24 heavy (non-hydrogen) atoms. The standard InChI is InChI=1S/C17H17N3O4/c1-3-8-24-16-14(20(21)22)9-11(10-15(16)23-2)17-18-12-6-4-5-7-13(12)19-17/h4-7,9-10H,3,8H2,1-2H3,(H,18,19). The van der Waals surface area contributed by atoms with E-state index in [1.165, 1.54) is 13.2 Å². The molecule has 0 atom stereocenters. The summed E-state index contributed by atoms with van der Waals surface area (Å²) in [6, 6.07) is 10.7. The first-order valence-corrected chi connectivity index (χ1v) is 7.58. The number of methoxy groups -OCH3 is 1. The Morgan fingerprint density at radius 1 is 1.29 bits per heavy atom. The van der Waals surface area contributed by atoms with Crippen LogP contribution >= 0.6 is 0 Å². The second kappa shape index (κ2) is 6.57. The van der Waals surface area contributed by atoms with E-state index in [-0.39, 0.29) is 11.4 Å². The van der Waals surface area contributed by atoms with Gasteiger partial charge in [0.15, 0.2) is 5.75 Å². The molecule has 3 rings (SSSR count). The summed E-state index contributed by atoms with van der Waals surface area (Å²) in [5, 5.41) is 11.4. The van der Waals surface area contributed by atoms with Crippen LogP contribution in [-0.4, -0.2) is 28.6 Å². The summed E-state index contributed by atoms with van der Waals surface area (Å²) in [6.07, 6.45) is 0.742. The van der Waals surface area contributed by atoms with Crippen LogP contribution in [0.5, 0.6) is 11.5 Å². The molecule has 7 heteroatoms. The molecule has 0 aliphatic heterocycles. The minimum Gasteiger partial charge on any atom is -0.493 e. The van der Waals surface area contributed by atoms with Crippen molar-refractivity contribution in [1.29, 1.82) is 0 Å². The molecule has 0 unspecified atom stereocenters. The van der Waals surface area contributed by atoms with Gasteiger partial charge in [0, 0.05) is 11.6 Å². The molecule has 0 bridgehead atoms. The Labute approximate surface area is 138 Å². The van der Waals surface area contributed by atoms with E-state index in [0.717, 1.165) is 17.5 Å². The molecule has 1 aromatic heterocycles. The number of nitro benzene ring substituents is 1. The molecule has 2 aromatic carbocycles. The van der Waals surface area contributed by atoms with Crippen molar-refractivity contribution < 1.29 is 14.4 Å². The van der Waals surface area contributed by atoms with Crippen molar-refractivity contribution in [3.8, 4) is 22.9 Å². The SMILES string of the molecule is CCCOc1c(OC)cc(-c2nc3ccccc3[nH]2)cc1[N+](=O)[O-]. The lowest BCUT2D eigenvalue weighted by atomic mass is 10.1. The first kappa shape index (κ1) is 15.8. The van der Waals surface area contributed by atoms with Gasteiger partial charge in [-0.3, -0.25) is 10.1 Å². The van der Waals surface area contributed by atoms with Crippen LogP contribution in [0.2, 0.25) is 0 Å². The molecule has 0 aliphatic carbocycles. The fourth-order valence-corrected chi connectivity index (χ4v) is 2.45. The van der Waals surface area contributed by atoms with E-state index in [9.17, 15) is 10.1 Å². The fraction of sp³-hybridized carbons (Fsp3) is 0.235. The first-order chi connectivity index (χ1) is 11.6. The second-order valence-corrected chi connectivity index (χ2v) is 5.23. The van der Waals surface area contributed by atoms with Gasteiger partial charge in [0.1, 0.15) is 5.82 Å². The van der Waals surface area contributed by atoms with Crippen LogP contribution in [-0.2, 0) is 0 Å². The highest BCUT2D eigenvalue weighted by Crippen LogP contribution is 2.41. The number of hydrogen-bond acceptors (Lipinski definition) is 5. The summed E-state index contributed by atoms with van der Waals surface area (Å²) in [7, 11) is 1.46. The number of aromatic amines is 1. The molecule has 3 aromatic rings. The number of rotatable bonds is 6. The average molecular weight is 327 g/mol. The van der Waals surface area contributed by atoms with Gasteiger partial charge in [0.2, 0.25) is 5.75 Å². The molecule has 0 saturated carbocycles. The van der Waals surface area contributed by atoms with Gasteiger partial charge in [0.05, 0.1) is 29.7 Å². The third-order valence-electron chi connectivity index (χ3n) is 3.57. The molecule has 1 heterocycles. The van der Waals surface area contributed by atoms with Crippen LogP contribution < -0.4 is 9.47 Å². The monoisotopic (exact) mass is 327 g/mol. The van der Waals surface area contributed by atoms with E-state index >= 15 is 0 Å². The first-order valence-electron chi connectivity index (χ1n) is 7.58. The van der Waals surface area contributed by atoms with Crippen LogP contribution in [0.1, 0.15) is 13.3 Å². The van der Waals surface area contributed by atoms with Gasteiger partial charge in [-0.1, -0.05) is 19.1 Å². The van der Waals surface area contributed by atoms with Gasteiger partial charge in [-0.25, -0.2) is 4.98 Å². The number of imidazole rings is 1. The number of nitro groups is 1. The Hall–Kier alpha value is -3.09. The molecule has 0 spiro atoms. The van der Waals surface area contributed by atoms with Crippen molar-refractivity contribution >= 4 is 16.7 Å². The molecular formula is C17H17N3O4. The summed E-state index contributed by atoms with van der Waals surface area (Å²) in [4.78, 5) is 18.6. The maximum absolute atomic E-state index is 11.4. The fourth-order valence-electron chi connectivity index (χ4n) is 2.45. The van der Waals surface area contributed by atoms with E-state index in [1.54, 1.807) is 6.07 Å². The quantitative estimate of drug-likeness (QED) is 0.547. The van der Waals surface area contributed by atoms with Crippen LogP contribution in [0.4, 0.5) is 5.69 Å². The minimum atomic E-state index is -0.473. The number of nitrogens with one attached hydrogen (secondary N) is 1. The summed E-state index contributed by atoms with van der Waals surface area (Å²) >= 11 is 0. The lowest BCUT2D eigenvalue weighted by molar-refractivity contribution is -0.385. The van der Waals surface area contributed by atoms with Gasteiger partial charge in [-0.2, -0.15) is 0 Å². The lowest BCUT2D eigenvalue weighted by Crippen LogP contribution is -2.02. The number of benzene rings is 2. The molecule has 0 saturated heterocycles. The second-order valence-electron chi connectivity index (χ2n) is 5.23. The predicted octanol–water partition coefficient (Wildman–Crippen LogP) is 3.94. The van der Waals surface area contributed by atoms with Gasteiger partial charge in [-0.05, 0) is 24.6 Å². The highest BCUT2D eigenvalue weighted by molar-refractivity contribution is 5.80. The summed E-state index contributed by atoms with van der Waals surface area (Å²) < 4.78 is 10.8. The lowest BCUT2D eigenvalue weighted by Gasteiger charge is -2.11. The number of ether oxygens (including phenoxy) is 2. The number of nitrogens with zero attached hydrogens (tertiary/aromatic N) is 2. The highest BCUT2D eigenvalue weighted by atomic mass is 16.6. The number of hydrogen-bond donors (Lipinski definition) is 1. The Morgan fingerprint density at radius 3 is 2.75 bits per heavy atom. The van der Waals surface area contributed by atoms with Gasteiger partial charge < -0.3 is 14.5 Å². The average Bonchev–Trinajstić information content (AvgIpc) is 3.03. The number of para-hydroxylation sites is 2. The van der Waals surface area contributed by atoms with Crippen LogP contribution in [0.15, 0.2) is 36.4 Å². The highest BCUT2D eigenvalue weighted by Gasteiger charge is 2.23. The number of H-pyrrole nitrogens is 1. The van der Waals surface area contributed by atoms with E-state index < -0.39 is 4.92 Å². The summed E-state index contributed by atoms with van der Waals surface area (Å²) in [5.41, 5.74) is 2.08. The molecule has 0 amide bonds. The number of fused-ring (bicyclic) bond motifs is 1. The minimum absolute atomic E-state index is 0.141. The topological polar surface area (TPSA) is 90.3 Å². The van der Waals surface area contributed by atoms with Crippen molar-refractivity contribution in [2.45, 2.75) is 13.3 Å². The maximum Gasteiger partial charge on any atom is 0.315 e. The number of aromatic nitrogens is 2. The van der Waals surface area contributed by atoms with Crippen molar-refractivity contribution in [3.63, 3.8) is 0 Å². The molecule has 0 aliphatic rings. The zero-order valence-electron chi connectivity index (χ0n) is 13.4. The van der Waals surface area contributed by atoms with Crippen molar-refractivity contribution in [1.82, 2.24) is 9.97 Å². The Kier molecular flexibility index (Phi) is 4.33. The largest absolute Gasteiger partial charge is 0.493 e. The van der Waals surface area contributed by atoms with Gasteiger partial charge >= 0.3 is 5.69 Å². The molecular weight excluding hydrogens is 310 g/mol. The predicted molar refractivity (Wildman–Crippen MR) is 90.5 cm³/mol. The van der Waals surface area contributed by atoms with E-state index in [1.807, 2.05) is 31.2 Å². The molecule has 7 nitrogen and oxygen atoms in total. The van der Waals surface area contributed by atoms with Crippen molar-refractivity contribution in [3.05, 3.63) is 46.5 Å². The zero-order valence-corrected chi connectivity index (χ0v) is 13.4. The third kappa shape index (κ3) is 2.88. The smallest absolute Gasteiger partial charge is 0.315 e. The van der Waals surface area contributed by atoms with Crippen molar-refractivity contribution in [2.24, 2.45) is 0 Å². The molecule has 124 valence electrons. The molecule has 0 radical (unpaired) electrons. The van der Waals surface area contributed by atoms with E-state index in [4.69, 9.17) is 9.47 Å². The van der Waals surface area contributed by atoms with Gasteiger partial charge in [-0.15, -0.1) is 0 Å². The Balaban J connectivity index is 2.14. The van der Waals surface area contributed by atoms with Gasteiger partial charge in [0.25, 0.3) is 0 Å². The Morgan fingerprint density at radius 2 is 2.08 bits per heavy atom. The zero-order chi connectivity index (χ0) is 17.1. The van der Waals surface area contributed by atoms with Crippen LogP contribution in [0.25, 0.3) is 22.4 Å². The summed E-state index contributed by atoms with van der Waals surface area (Å²) in [5.74, 6) is 0.997. The van der Waals surface area contributed by atoms with Crippen molar-refractivity contribution in [2.75, 3.05) is 13.7 Å². The van der Waals surface area contributed by atoms with Crippen LogP contribution in [0, 0.1) is 10.1 Å². The van der Waals surface area contributed by atoms with E-state index in [2.05, 4.69) is 9.97 Å². The molecule has 0 fully saturated rings. The normalized spacial score (nSPS) is 10.8. The molecule has 1 N–H and O–H groups in total. The van der Waals surface area contributed by atoms with Crippen LogP contribution in [0.3, 0.4) is 0 Å².